The van der Waals surface area contributed by atoms with Crippen LogP contribution in [0.15, 0.2) is 11.3 Å². The van der Waals surface area contributed by atoms with Crippen LogP contribution in [0.4, 0.5) is 0 Å². The highest BCUT2D eigenvalue weighted by Gasteiger charge is 2.18. The normalized spacial score (nSPS) is 12.6. The molecule has 0 rings (SSSR count). The Morgan fingerprint density at radius 2 is 1.62 bits per heavy atom. The van der Waals surface area contributed by atoms with E-state index in [0.717, 1.165) is 11.6 Å². The van der Waals surface area contributed by atoms with Gasteiger partial charge in [-0.3, -0.25) is 0 Å². The van der Waals surface area contributed by atoms with Crippen LogP contribution in [0.2, 0.25) is 19.6 Å². The largest absolute Gasteiger partial charge is 0.193 e. The Morgan fingerprint density at radius 3 is 2.12 bits per heavy atom. The molecule has 0 aliphatic heterocycles. The maximum atomic E-state index is 9.05. The van der Waals surface area contributed by atoms with Crippen LogP contribution in [-0.2, 0) is 0 Å². The Hall–Kier alpha value is -0.553. The van der Waals surface area contributed by atoms with Gasteiger partial charge >= 0.3 is 0 Å². The second-order valence-electron chi connectivity index (χ2n) is 5.54. The SMILES string of the molecule is CCCCCCCC/C=C(\C#N)[Si](C)(C)C. The first-order valence-electron chi connectivity index (χ1n) is 6.63. The van der Waals surface area contributed by atoms with Crippen molar-refractivity contribution in [3.63, 3.8) is 0 Å². The van der Waals surface area contributed by atoms with Gasteiger partial charge in [0.05, 0.1) is 14.1 Å². The number of allylic oxidation sites excluding steroid dienone is 2. The van der Waals surface area contributed by atoms with Gasteiger partial charge in [0.1, 0.15) is 0 Å². The van der Waals surface area contributed by atoms with Crippen molar-refractivity contribution >= 4 is 8.07 Å². The summed E-state index contributed by atoms with van der Waals surface area (Å²) in [5.74, 6) is 0. The second-order valence-corrected chi connectivity index (χ2v) is 10.6. The molecule has 0 spiro atoms. The van der Waals surface area contributed by atoms with E-state index in [1.54, 1.807) is 0 Å². The molecule has 0 aliphatic carbocycles. The number of nitrogens with zero attached hydrogens (tertiary/aromatic N) is 1. The van der Waals surface area contributed by atoms with Crippen LogP contribution in [0.1, 0.15) is 51.9 Å². The summed E-state index contributed by atoms with van der Waals surface area (Å²) in [4.78, 5) is 0. The van der Waals surface area contributed by atoms with Gasteiger partial charge in [-0.25, -0.2) is 0 Å². The number of unbranched alkanes of at least 4 members (excludes halogenated alkanes) is 6. The molecule has 0 aromatic carbocycles. The summed E-state index contributed by atoms with van der Waals surface area (Å²) < 4.78 is 0. The van der Waals surface area contributed by atoms with Gasteiger partial charge in [-0.1, -0.05) is 64.7 Å². The maximum absolute atomic E-state index is 9.05. The summed E-state index contributed by atoms with van der Waals surface area (Å²) in [7, 11) is -1.37. The fraction of sp³-hybridized carbons (Fsp3) is 0.786. The lowest BCUT2D eigenvalue weighted by Crippen LogP contribution is -2.22. The highest BCUT2D eigenvalue weighted by molar-refractivity contribution is 6.84. The summed E-state index contributed by atoms with van der Waals surface area (Å²) in [6.07, 6.45) is 11.3. The first kappa shape index (κ1) is 15.4. The molecule has 0 aliphatic rings. The van der Waals surface area contributed by atoms with Crippen molar-refractivity contribution in [3.05, 3.63) is 11.3 Å². The lowest BCUT2D eigenvalue weighted by molar-refractivity contribution is 0.611. The maximum Gasteiger partial charge on any atom is 0.0907 e. The van der Waals surface area contributed by atoms with Crippen LogP contribution >= 0.6 is 0 Å². The number of nitriles is 1. The zero-order chi connectivity index (χ0) is 12.4. The van der Waals surface area contributed by atoms with Gasteiger partial charge < -0.3 is 0 Å². The molecular formula is C14H27NSi. The molecular weight excluding hydrogens is 210 g/mol. The third-order valence-electron chi connectivity index (χ3n) is 2.83. The molecule has 0 saturated carbocycles. The summed E-state index contributed by atoms with van der Waals surface area (Å²) in [6.45, 7) is 8.96. The number of rotatable bonds is 8. The molecule has 0 amide bonds. The van der Waals surface area contributed by atoms with Gasteiger partial charge in [0.15, 0.2) is 0 Å². The van der Waals surface area contributed by atoms with Crippen molar-refractivity contribution in [2.45, 2.75) is 71.5 Å². The molecule has 0 unspecified atom stereocenters. The van der Waals surface area contributed by atoms with Crippen LogP contribution < -0.4 is 0 Å². The fourth-order valence-corrected chi connectivity index (χ4v) is 2.78. The quantitative estimate of drug-likeness (QED) is 0.329. The first-order chi connectivity index (χ1) is 7.52. The second kappa shape index (κ2) is 8.58. The van der Waals surface area contributed by atoms with Crippen molar-refractivity contribution in [2.24, 2.45) is 0 Å². The highest BCUT2D eigenvalue weighted by Crippen LogP contribution is 2.15. The third-order valence-corrected chi connectivity index (χ3v) is 4.77. The van der Waals surface area contributed by atoms with Crippen molar-refractivity contribution < 1.29 is 0 Å². The molecule has 0 saturated heterocycles. The van der Waals surface area contributed by atoms with E-state index in [2.05, 4.69) is 38.7 Å². The van der Waals surface area contributed by atoms with E-state index < -0.39 is 8.07 Å². The van der Waals surface area contributed by atoms with Gasteiger partial charge in [-0.15, -0.1) is 0 Å². The van der Waals surface area contributed by atoms with E-state index in [1.165, 1.54) is 38.5 Å². The van der Waals surface area contributed by atoms with Gasteiger partial charge in [0, 0.05) is 5.20 Å². The highest BCUT2D eigenvalue weighted by atomic mass is 28.3. The van der Waals surface area contributed by atoms with Gasteiger partial charge in [-0.05, 0) is 12.8 Å². The van der Waals surface area contributed by atoms with Crippen molar-refractivity contribution in [1.29, 1.82) is 5.26 Å². The minimum absolute atomic E-state index is 1.07. The van der Waals surface area contributed by atoms with E-state index in [1.807, 2.05) is 0 Å². The molecule has 0 N–H and O–H groups in total. The molecule has 0 fully saturated rings. The minimum atomic E-state index is -1.37. The summed E-state index contributed by atoms with van der Waals surface area (Å²) >= 11 is 0. The first-order valence-corrected chi connectivity index (χ1v) is 10.1. The molecule has 2 heteroatoms. The average molecular weight is 237 g/mol. The fourth-order valence-electron chi connectivity index (χ4n) is 1.69. The predicted molar refractivity (Wildman–Crippen MR) is 75.0 cm³/mol. The number of hydrogen-bond acceptors (Lipinski definition) is 1. The van der Waals surface area contributed by atoms with Gasteiger partial charge in [0.2, 0.25) is 0 Å². The smallest absolute Gasteiger partial charge is 0.0907 e. The molecule has 1 nitrogen and oxygen atoms in total. The third kappa shape index (κ3) is 7.70. The number of hydrogen-bond donors (Lipinski definition) is 0. The predicted octanol–water partition coefficient (Wildman–Crippen LogP) is 5.06. The molecule has 16 heavy (non-hydrogen) atoms. The lowest BCUT2D eigenvalue weighted by Gasteiger charge is -2.14. The molecule has 0 radical (unpaired) electrons. The molecule has 0 aromatic heterocycles. The summed E-state index contributed by atoms with van der Waals surface area (Å²) in [6, 6.07) is 2.38. The van der Waals surface area contributed by atoms with Crippen LogP contribution in [-0.4, -0.2) is 8.07 Å². The van der Waals surface area contributed by atoms with E-state index in [-0.39, 0.29) is 0 Å². The zero-order valence-electron chi connectivity index (χ0n) is 11.5. The lowest BCUT2D eigenvalue weighted by atomic mass is 10.1. The zero-order valence-corrected chi connectivity index (χ0v) is 12.5. The average Bonchev–Trinajstić information content (AvgIpc) is 2.20. The monoisotopic (exact) mass is 237 g/mol. The van der Waals surface area contributed by atoms with Crippen molar-refractivity contribution in [2.75, 3.05) is 0 Å². The molecule has 0 bridgehead atoms. The van der Waals surface area contributed by atoms with E-state index in [0.29, 0.717) is 0 Å². The van der Waals surface area contributed by atoms with E-state index in [9.17, 15) is 0 Å². The molecule has 0 aromatic rings. The van der Waals surface area contributed by atoms with Crippen LogP contribution in [0.3, 0.4) is 0 Å². The van der Waals surface area contributed by atoms with Crippen molar-refractivity contribution in [1.82, 2.24) is 0 Å². The minimum Gasteiger partial charge on any atom is -0.193 e. The van der Waals surface area contributed by atoms with E-state index in [4.69, 9.17) is 5.26 Å². The Kier molecular flexibility index (Phi) is 8.29. The molecule has 0 heterocycles. The van der Waals surface area contributed by atoms with E-state index >= 15 is 0 Å². The standard InChI is InChI=1S/C14H27NSi/c1-5-6-7-8-9-10-11-12-14(13-15)16(2,3)4/h12H,5-11H2,1-4H3/b14-12+. The van der Waals surface area contributed by atoms with Gasteiger partial charge in [-0.2, -0.15) is 5.26 Å². The van der Waals surface area contributed by atoms with Crippen LogP contribution in [0.25, 0.3) is 0 Å². The van der Waals surface area contributed by atoms with Crippen molar-refractivity contribution in [3.8, 4) is 6.07 Å². The summed E-state index contributed by atoms with van der Waals surface area (Å²) in [5.41, 5.74) is 0. The Morgan fingerprint density at radius 1 is 1.06 bits per heavy atom. The van der Waals surface area contributed by atoms with Gasteiger partial charge in [0.25, 0.3) is 0 Å². The van der Waals surface area contributed by atoms with Crippen LogP contribution in [0.5, 0.6) is 0 Å². The Labute approximate surface area is 103 Å². The molecule has 92 valence electrons. The Bertz CT molecular complexity index is 242. The topological polar surface area (TPSA) is 23.8 Å². The Balaban J connectivity index is 3.70. The summed E-state index contributed by atoms with van der Waals surface area (Å²) in [5, 5.41) is 10.1. The molecule has 0 atom stereocenters. The van der Waals surface area contributed by atoms with Crippen LogP contribution in [0, 0.1) is 11.3 Å².